The molecule has 0 aromatic heterocycles. The van der Waals surface area contributed by atoms with Crippen LogP contribution in [0.25, 0.3) is 0 Å². The Bertz CT molecular complexity index is 231. The number of aliphatic carboxylic acids is 2. The van der Waals surface area contributed by atoms with Crippen LogP contribution in [0.5, 0.6) is 0 Å². The molecule has 0 radical (unpaired) electrons. The van der Waals surface area contributed by atoms with Gasteiger partial charge in [-0.15, -0.1) is 0 Å². The number of carboxylic acids is 2. The summed E-state index contributed by atoms with van der Waals surface area (Å²) in [5.74, 6) is -3.45. The van der Waals surface area contributed by atoms with Crippen molar-refractivity contribution in [1.82, 2.24) is 0 Å². The van der Waals surface area contributed by atoms with E-state index in [1.54, 1.807) is 0 Å². The number of carboxylic acid groups (broad SMARTS) is 2. The first kappa shape index (κ1) is 12.0. The van der Waals surface area contributed by atoms with Crippen molar-refractivity contribution in [2.75, 3.05) is 6.16 Å². The van der Waals surface area contributed by atoms with Crippen molar-refractivity contribution in [3.8, 4) is 0 Å². The first-order chi connectivity index (χ1) is 5.78. The normalized spacial score (nSPS) is 16.0. The van der Waals surface area contributed by atoms with Crippen LogP contribution < -0.4 is 4.89 Å². The van der Waals surface area contributed by atoms with Crippen LogP contribution in [0.1, 0.15) is 6.42 Å². The van der Waals surface area contributed by atoms with Crippen LogP contribution in [0.15, 0.2) is 0 Å². The van der Waals surface area contributed by atoms with Crippen LogP contribution in [0.3, 0.4) is 0 Å². The van der Waals surface area contributed by atoms with E-state index in [4.69, 9.17) is 15.3 Å². The maximum atomic E-state index is 10.3. The van der Waals surface area contributed by atoms with Gasteiger partial charge in [0.05, 0.1) is 6.42 Å². The third kappa shape index (κ3) is 3.93. The van der Waals surface area contributed by atoms with E-state index in [1.165, 1.54) is 0 Å². The molecule has 0 fully saturated rings. The summed E-state index contributed by atoms with van der Waals surface area (Å²) in [7, 11) is -3.15. The zero-order valence-electron chi connectivity index (χ0n) is 6.34. The van der Waals surface area contributed by atoms with Gasteiger partial charge in [0.15, 0.2) is 6.16 Å². The molecule has 0 saturated carbocycles. The molecule has 2 atom stereocenters. The Morgan fingerprint density at radius 1 is 1.38 bits per heavy atom. The highest BCUT2D eigenvalue weighted by molar-refractivity contribution is 7.36. The second-order valence-electron chi connectivity index (χ2n) is 2.40. The van der Waals surface area contributed by atoms with E-state index >= 15 is 0 Å². The molecule has 0 aliphatic carbocycles. The van der Waals surface area contributed by atoms with Crippen LogP contribution in [-0.4, -0.2) is 39.0 Å². The van der Waals surface area contributed by atoms with Crippen molar-refractivity contribution >= 4 is 20.0 Å². The van der Waals surface area contributed by atoms with Gasteiger partial charge in [0.25, 0.3) is 0 Å². The largest absolute Gasteiger partial charge is 0.595 e. The molecule has 2 unspecified atom stereocenters. The fourth-order valence-corrected chi connectivity index (χ4v) is 1.34. The average Bonchev–Trinajstić information content (AvgIpc) is 1.82. The lowest BCUT2D eigenvalue weighted by Crippen LogP contribution is -2.43. The quantitative estimate of drug-likeness (QED) is 0.464. The highest BCUT2D eigenvalue weighted by Crippen LogP contribution is 2.21. The third-order valence-electron chi connectivity index (χ3n) is 1.23. The summed E-state index contributed by atoms with van der Waals surface area (Å²) >= 11 is 0. The van der Waals surface area contributed by atoms with Crippen molar-refractivity contribution in [2.45, 2.75) is 12.0 Å². The summed E-state index contributed by atoms with van der Waals surface area (Å²) in [6.45, 7) is 0. The van der Waals surface area contributed by atoms with Gasteiger partial charge < -0.3 is 20.2 Å². The molecule has 0 aliphatic heterocycles. The Labute approximate surface area is 73.5 Å². The Morgan fingerprint density at radius 3 is 2.08 bits per heavy atom. The Balaban J connectivity index is 4.62. The predicted molar refractivity (Wildman–Crippen MR) is 37.3 cm³/mol. The first-order valence-corrected chi connectivity index (χ1v) is 4.43. The van der Waals surface area contributed by atoms with Crippen molar-refractivity contribution in [3.63, 3.8) is 0 Å². The fraction of sp³-hybridized carbons (Fsp3) is 0.600. The van der Waals surface area contributed by atoms with Gasteiger partial charge in [-0.3, -0.25) is 4.79 Å². The summed E-state index contributed by atoms with van der Waals surface area (Å²) in [4.78, 5) is 30.5. The number of carbonyl (C=O) groups is 2. The molecule has 0 aromatic carbocycles. The van der Waals surface area contributed by atoms with Crippen LogP contribution in [-0.2, 0) is 14.2 Å². The average molecular weight is 210 g/mol. The van der Waals surface area contributed by atoms with Crippen LogP contribution in [0.2, 0.25) is 0 Å². The zero-order chi connectivity index (χ0) is 10.6. The summed E-state index contributed by atoms with van der Waals surface area (Å²) in [5.41, 5.74) is -2.74. The van der Waals surface area contributed by atoms with E-state index in [-0.39, 0.29) is 0 Å². The molecule has 3 N–H and O–H groups in total. The Hall–Kier alpha value is -1.04. The lowest BCUT2D eigenvalue weighted by molar-refractivity contribution is -0.174. The van der Waals surface area contributed by atoms with E-state index in [0.29, 0.717) is 0 Å². The van der Waals surface area contributed by atoms with Crippen LogP contribution >= 0.6 is 8.03 Å². The van der Waals surface area contributed by atoms with Crippen LogP contribution in [0.4, 0.5) is 0 Å². The van der Waals surface area contributed by atoms with Crippen molar-refractivity contribution < 1.29 is 34.4 Å². The lowest BCUT2D eigenvalue weighted by atomic mass is 10.0. The third-order valence-corrected chi connectivity index (χ3v) is 2.01. The molecule has 8 heteroatoms. The second kappa shape index (κ2) is 4.27. The number of hydrogen-bond acceptors (Lipinski definition) is 5. The van der Waals surface area contributed by atoms with E-state index in [2.05, 4.69) is 0 Å². The fourth-order valence-electron chi connectivity index (χ4n) is 0.663. The van der Waals surface area contributed by atoms with Crippen molar-refractivity contribution in [1.29, 1.82) is 0 Å². The van der Waals surface area contributed by atoms with Crippen molar-refractivity contribution in [3.05, 3.63) is 0 Å². The molecular weight excluding hydrogens is 203 g/mol. The summed E-state index contributed by atoms with van der Waals surface area (Å²) < 4.78 is 10.1. The second-order valence-corrected chi connectivity index (χ2v) is 3.38. The number of aliphatic hydroxyl groups is 1. The summed E-state index contributed by atoms with van der Waals surface area (Å²) in [6, 6.07) is 0. The molecular formula is C5H7O7P. The summed E-state index contributed by atoms with van der Waals surface area (Å²) in [5, 5.41) is 25.6. The Kier molecular flexibility index (Phi) is 3.93. The zero-order valence-corrected chi connectivity index (χ0v) is 7.23. The highest BCUT2D eigenvalue weighted by Gasteiger charge is 2.43. The minimum atomic E-state index is -3.15. The summed E-state index contributed by atoms with van der Waals surface area (Å²) in [6.07, 6.45) is -2.25. The van der Waals surface area contributed by atoms with E-state index in [1.807, 2.05) is 0 Å². The lowest BCUT2D eigenvalue weighted by Gasteiger charge is -2.16. The maximum absolute atomic E-state index is 10.3. The Morgan fingerprint density at radius 2 is 1.85 bits per heavy atom. The maximum Gasteiger partial charge on any atom is 0.340 e. The minimum Gasteiger partial charge on any atom is -0.595 e. The van der Waals surface area contributed by atoms with Crippen molar-refractivity contribution in [2.24, 2.45) is 0 Å². The first-order valence-electron chi connectivity index (χ1n) is 3.07. The molecule has 0 aromatic rings. The molecule has 0 amide bonds. The molecule has 0 heterocycles. The van der Waals surface area contributed by atoms with Gasteiger partial charge >= 0.3 is 20.0 Å². The van der Waals surface area contributed by atoms with Gasteiger partial charge in [-0.05, 0) is 0 Å². The molecule has 0 saturated heterocycles. The molecule has 0 rings (SSSR count). The smallest absolute Gasteiger partial charge is 0.340 e. The number of rotatable bonds is 5. The van der Waals surface area contributed by atoms with E-state index in [9.17, 15) is 19.0 Å². The van der Waals surface area contributed by atoms with Gasteiger partial charge in [-0.25, -0.2) is 4.79 Å². The molecule has 0 bridgehead atoms. The van der Waals surface area contributed by atoms with Gasteiger partial charge in [0, 0.05) is 0 Å². The number of hydrogen-bond donors (Lipinski definition) is 3. The predicted octanol–water partition coefficient (Wildman–Crippen LogP) is -1.62. The SMILES string of the molecule is O=C(O)CC(O)(C[P+](=O)[O-])C(=O)O. The van der Waals surface area contributed by atoms with Crippen LogP contribution in [0, 0.1) is 0 Å². The monoisotopic (exact) mass is 210 g/mol. The van der Waals surface area contributed by atoms with E-state index < -0.39 is 38.2 Å². The molecule has 74 valence electrons. The highest BCUT2D eigenvalue weighted by atomic mass is 31.1. The minimum absolute atomic E-state index is 1.11. The van der Waals surface area contributed by atoms with Gasteiger partial charge in [-0.2, -0.15) is 0 Å². The molecule has 7 nitrogen and oxygen atoms in total. The van der Waals surface area contributed by atoms with E-state index in [0.717, 1.165) is 0 Å². The van der Waals surface area contributed by atoms with Gasteiger partial charge in [0.2, 0.25) is 5.60 Å². The standard InChI is InChI=1S/C5H7O7P/c6-3(7)1-5(10,4(8)9)2-13(11)12/h10H,1-2H2,(H,6,7)(H,8,9). The van der Waals surface area contributed by atoms with Gasteiger partial charge in [0.1, 0.15) is 0 Å². The molecule has 0 aliphatic rings. The topological polar surface area (TPSA) is 135 Å². The molecule has 0 spiro atoms. The van der Waals surface area contributed by atoms with Gasteiger partial charge in [-0.1, -0.05) is 4.57 Å². The molecule has 13 heavy (non-hydrogen) atoms.